The predicted molar refractivity (Wildman–Crippen MR) is 70.2 cm³/mol. The van der Waals surface area contributed by atoms with Gasteiger partial charge in [-0.25, -0.2) is 0 Å². The summed E-state index contributed by atoms with van der Waals surface area (Å²) in [6, 6.07) is 0. The highest BCUT2D eigenvalue weighted by atomic mass is 16.5. The van der Waals surface area contributed by atoms with Crippen molar-refractivity contribution in [2.75, 3.05) is 0 Å². The Kier molecular flexibility index (Phi) is 10.2. The molecule has 0 amide bonds. The third kappa shape index (κ3) is 10.9. The first kappa shape index (κ1) is 15.6. The largest absolute Gasteiger partial charge is 0.437 e. The van der Waals surface area contributed by atoms with Gasteiger partial charge in [0, 0.05) is 19.8 Å². The summed E-state index contributed by atoms with van der Waals surface area (Å²) >= 11 is 0. The quantitative estimate of drug-likeness (QED) is 0.414. The zero-order valence-corrected chi connectivity index (χ0v) is 11.1. The molecule has 0 saturated carbocycles. The number of hydrogen-bond acceptors (Lipinski definition) is 2. The molecule has 0 aromatic heterocycles. The van der Waals surface area contributed by atoms with E-state index in [0.717, 1.165) is 38.5 Å². The number of carbonyl (C=O) groups excluding carboxylic acids is 1. The Hall–Kier alpha value is -1.41. The van der Waals surface area contributed by atoms with Crippen molar-refractivity contribution >= 4 is 5.97 Å². The minimum Gasteiger partial charge on any atom is -0.437 e. The van der Waals surface area contributed by atoms with Gasteiger partial charge in [-0.15, -0.1) is 0 Å². The number of carbonyl (C=O) groups is 1. The fourth-order valence-electron chi connectivity index (χ4n) is 1.12. The van der Waals surface area contributed by atoms with Gasteiger partial charge >= 0.3 is 5.97 Å². The Morgan fingerprint density at radius 3 is 1.88 bits per heavy atom. The van der Waals surface area contributed by atoms with E-state index in [1.807, 2.05) is 0 Å². The molecule has 17 heavy (non-hydrogen) atoms. The SMILES string of the molecule is CCCCC#CC(C#CCCCC)OC(C)=O. The molecule has 0 N–H and O–H groups in total. The Morgan fingerprint density at radius 1 is 1.06 bits per heavy atom. The van der Waals surface area contributed by atoms with E-state index in [2.05, 4.69) is 37.5 Å². The second kappa shape index (κ2) is 11.1. The van der Waals surface area contributed by atoms with Crippen molar-refractivity contribution in [1.82, 2.24) is 0 Å². The van der Waals surface area contributed by atoms with Crippen LogP contribution in [0.4, 0.5) is 0 Å². The lowest BCUT2D eigenvalue weighted by atomic mass is 10.2. The molecule has 2 nitrogen and oxygen atoms in total. The maximum atomic E-state index is 10.9. The fourth-order valence-corrected chi connectivity index (χ4v) is 1.12. The third-order valence-electron chi connectivity index (χ3n) is 2.06. The van der Waals surface area contributed by atoms with E-state index in [4.69, 9.17) is 4.74 Å². The van der Waals surface area contributed by atoms with Gasteiger partial charge in [0.15, 0.2) is 0 Å². The molecule has 0 aliphatic carbocycles. The van der Waals surface area contributed by atoms with Gasteiger partial charge in [-0.1, -0.05) is 38.5 Å². The minimum absolute atomic E-state index is 0.329. The zero-order valence-electron chi connectivity index (χ0n) is 11.1. The third-order valence-corrected chi connectivity index (χ3v) is 2.06. The van der Waals surface area contributed by atoms with E-state index < -0.39 is 6.10 Å². The zero-order chi connectivity index (χ0) is 12.9. The molecule has 0 spiro atoms. The summed E-state index contributed by atoms with van der Waals surface area (Å²) in [4.78, 5) is 10.9. The Labute approximate surface area is 105 Å². The Bertz CT molecular complexity index is 296. The van der Waals surface area contributed by atoms with Crippen LogP contribution in [0, 0.1) is 23.7 Å². The molecule has 0 fully saturated rings. The maximum absolute atomic E-state index is 10.9. The van der Waals surface area contributed by atoms with Gasteiger partial charge in [-0.05, 0) is 24.7 Å². The Balaban J connectivity index is 4.23. The number of rotatable bonds is 5. The summed E-state index contributed by atoms with van der Waals surface area (Å²) in [5.41, 5.74) is 0. The lowest BCUT2D eigenvalue weighted by molar-refractivity contribution is -0.141. The molecule has 0 saturated heterocycles. The highest BCUT2D eigenvalue weighted by Crippen LogP contribution is 1.95. The topological polar surface area (TPSA) is 26.3 Å². The van der Waals surface area contributed by atoms with E-state index in [1.165, 1.54) is 6.92 Å². The van der Waals surface area contributed by atoms with Crippen LogP contribution in [-0.4, -0.2) is 12.1 Å². The lowest BCUT2D eigenvalue weighted by Crippen LogP contribution is -2.11. The predicted octanol–water partition coefficient (Wildman–Crippen LogP) is 3.31. The molecule has 0 aliphatic heterocycles. The molecule has 0 radical (unpaired) electrons. The van der Waals surface area contributed by atoms with Gasteiger partial charge in [0.25, 0.3) is 0 Å². The first-order valence-corrected chi connectivity index (χ1v) is 6.34. The fraction of sp³-hybridized carbons (Fsp3) is 0.667. The second-order valence-corrected chi connectivity index (χ2v) is 3.84. The van der Waals surface area contributed by atoms with E-state index in [0.29, 0.717) is 0 Å². The minimum atomic E-state index is -0.554. The molecule has 0 aliphatic rings. The van der Waals surface area contributed by atoms with Crippen molar-refractivity contribution in [3.8, 4) is 23.7 Å². The van der Waals surface area contributed by atoms with Crippen LogP contribution in [-0.2, 0) is 9.53 Å². The van der Waals surface area contributed by atoms with Crippen molar-refractivity contribution in [3.63, 3.8) is 0 Å². The number of hydrogen-bond donors (Lipinski definition) is 0. The number of unbranched alkanes of at least 4 members (excludes halogenated alkanes) is 4. The molecule has 0 rings (SSSR count). The van der Waals surface area contributed by atoms with Crippen LogP contribution in [0.15, 0.2) is 0 Å². The molecular formula is C15H22O2. The monoisotopic (exact) mass is 234 g/mol. The first-order valence-electron chi connectivity index (χ1n) is 6.34. The average Bonchev–Trinajstić information content (AvgIpc) is 2.29. The van der Waals surface area contributed by atoms with Gasteiger partial charge in [0.2, 0.25) is 6.10 Å². The summed E-state index contributed by atoms with van der Waals surface area (Å²) in [6.07, 6.45) is 5.51. The van der Waals surface area contributed by atoms with Crippen LogP contribution < -0.4 is 0 Å². The molecule has 0 atom stereocenters. The highest BCUT2D eigenvalue weighted by molar-refractivity contribution is 5.67. The standard InChI is InChI=1S/C15H22O2/c1-4-6-8-10-12-15(17-14(3)16)13-11-9-7-5-2/h15H,4-9H2,1-3H3. The van der Waals surface area contributed by atoms with Gasteiger partial charge in [0.05, 0.1) is 0 Å². The van der Waals surface area contributed by atoms with Crippen LogP contribution in [0.2, 0.25) is 0 Å². The van der Waals surface area contributed by atoms with Gasteiger partial charge in [0.1, 0.15) is 0 Å². The summed E-state index contributed by atoms with van der Waals surface area (Å²) in [6.45, 7) is 5.63. The molecule has 0 heterocycles. The molecule has 0 unspecified atom stereocenters. The molecule has 2 heteroatoms. The first-order chi connectivity index (χ1) is 8.20. The molecular weight excluding hydrogens is 212 g/mol. The van der Waals surface area contributed by atoms with Gasteiger partial charge < -0.3 is 4.74 Å². The van der Waals surface area contributed by atoms with Crippen LogP contribution in [0.25, 0.3) is 0 Å². The summed E-state index contributed by atoms with van der Waals surface area (Å²) in [5.74, 6) is 11.5. The van der Waals surface area contributed by atoms with E-state index in [-0.39, 0.29) is 5.97 Å². The van der Waals surface area contributed by atoms with Crippen molar-refractivity contribution in [3.05, 3.63) is 0 Å². The summed E-state index contributed by atoms with van der Waals surface area (Å²) < 4.78 is 5.02. The van der Waals surface area contributed by atoms with Crippen LogP contribution in [0.1, 0.15) is 59.3 Å². The highest BCUT2D eigenvalue weighted by Gasteiger charge is 2.02. The van der Waals surface area contributed by atoms with Crippen molar-refractivity contribution in [2.24, 2.45) is 0 Å². The molecule has 0 aromatic carbocycles. The van der Waals surface area contributed by atoms with Crippen molar-refractivity contribution in [2.45, 2.75) is 65.4 Å². The number of esters is 1. The van der Waals surface area contributed by atoms with E-state index >= 15 is 0 Å². The summed E-state index contributed by atoms with van der Waals surface area (Å²) in [5, 5.41) is 0. The maximum Gasteiger partial charge on any atom is 0.304 e. The second-order valence-electron chi connectivity index (χ2n) is 3.84. The lowest BCUT2D eigenvalue weighted by Gasteiger charge is -2.02. The van der Waals surface area contributed by atoms with Crippen molar-refractivity contribution in [1.29, 1.82) is 0 Å². The smallest absolute Gasteiger partial charge is 0.304 e. The number of ether oxygens (including phenoxy) is 1. The summed E-state index contributed by atoms with van der Waals surface area (Å²) in [7, 11) is 0. The Morgan fingerprint density at radius 2 is 1.53 bits per heavy atom. The normalized spacial score (nSPS) is 8.94. The molecule has 0 aromatic rings. The van der Waals surface area contributed by atoms with Crippen LogP contribution >= 0.6 is 0 Å². The molecule has 0 bridgehead atoms. The van der Waals surface area contributed by atoms with Gasteiger partial charge in [-0.3, -0.25) is 4.79 Å². The van der Waals surface area contributed by atoms with Crippen molar-refractivity contribution < 1.29 is 9.53 Å². The van der Waals surface area contributed by atoms with E-state index in [9.17, 15) is 4.79 Å². The van der Waals surface area contributed by atoms with Crippen LogP contribution in [0.3, 0.4) is 0 Å². The van der Waals surface area contributed by atoms with Crippen LogP contribution in [0.5, 0.6) is 0 Å². The average molecular weight is 234 g/mol. The molecule has 94 valence electrons. The van der Waals surface area contributed by atoms with E-state index in [1.54, 1.807) is 0 Å². The van der Waals surface area contributed by atoms with Gasteiger partial charge in [-0.2, -0.15) is 0 Å².